The fourth-order valence-corrected chi connectivity index (χ4v) is 4.36. The summed E-state index contributed by atoms with van der Waals surface area (Å²) >= 11 is 0. The van der Waals surface area contributed by atoms with Crippen LogP contribution in [0.4, 0.5) is 4.39 Å². The van der Waals surface area contributed by atoms with Gasteiger partial charge in [0.15, 0.2) is 0 Å². The summed E-state index contributed by atoms with van der Waals surface area (Å²) in [5.41, 5.74) is 2.10. The van der Waals surface area contributed by atoms with Crippen molar-refractivity contribution in [2.45, 2.75) is 17.4 Å². The van der Waals surface area contributed by atoms with Gasteiger partial charge in [-0.2, -0.15) is 0 Å². The molecule has 1 aliphatic rings. The van der Waals surface area contributed by atoms with Crippen molar-refractivity contribution in [3.05, 3.63) is 53.3 Å². The molecule has 27 heavy (non-hydrogen) atoms. The highest BCUT2D eigenvalue weighted by Gasteiger charge is 2.24. The quantitative estimate of drug-likeness (QED) is 0.781. The maximum atomic E-state index is 13.6. The van der Waals surface area contributed by atoms with Crippen molar-refractivity contribution in [1.82, 2.24) is 9.62 Å². The summed E-state index contributed by atoms with van der Waals surface area (Å²) in [5.74, 6) is 0.334. The summed E-state index contributed by atoms with van der Waals surface area (Å²) in [6, 6.07) is 9.12. The third kappa shape index (κ3) is 4.23. The van der Waals surface area contributed by atoms with E-state index in [-0.39, 0.29) is 23.2 Å². The van der Waals surface area contributed by atoms with E-state index < -0.39 is 15.8 Å². The molecule has 1 unspecified atom stereocenters. The van der Waals surface area contributed by atoms with Gasteiger partial charge in [0.1, 0.15) is 22.2 Å². The molecule has 6 nitrogen and oxygen atoms in total. The Morgan fingerprint density at radius 2 is 2.04 bits per heavy atom. The van der Waals surface area contributed by atoms with Crippen LogP contribution in [0.1, 0.15) is 17.2 Å². The highest BCUT2D eigenvalue weighted by Crippen LogP contribution is 2.30. The molecule has 1 atom stereocenters. The molecule has 0 bridgehead atoms. The zero-order chi connectivity index (χ0) is 19.6. The Morgan fingerprint density at radius 1 is 1.26 bits per heavy atom. The molecule has 0 aliphatic carbocycles. The Balaban J connectivity index is 1.83. The van der Waals surface area contributed by atoms with Crippen LogP contribution in [-0.4, -0.2) is 47.7 Å². The lowest BCUT2D eigenvalue weighted by molar-refractivity contribution is 0.299. The van der Waals surface area contributed by atoms with Crippen LogP contribution >= 0.6 is 0 Å². The van der Waals surface area contributed by atoms with E-state index in [1.54, 1.807) is 0 Å². The number of ether oxygens (including phenoxy) is 2. The molecule has 3 rings (SSSR count). The fourth-order valence-electron chi connectivity index (χ4n) is 3.14. The van der Waals surface area contributed by atoms with Crippen LogP contribution in [0, 0.1) is 5.82 Å². The Morgan fingerprint density at radius 3 is 2.74 bits per heavy atom. The number of sulfonamides is 1. The number of nitrogens with one attached hydrogen (secondary N) is 1. The minimum Gasteiger partial charge on any atom is -0.495 e. The molecular weight excluding hydrogens is 371 g/mol. The average molecular weight is 394 g/mol. The first kappa shape index (κ1) is 19.6. The largest absolute Gasteiger partial charge is 0.495 e. The van der Waals surface area contributed by atoms with E-state index in [4.69, 9.17) is 9.47 Å². The van der Waals surface area contributed by atoms with Crippen LogP contribution in [0.25, 0.3) is 0 Å². The summed E-state index contributed by atoms with van der Waals surface area (Å²) in [5, 5.41) is 0. The van der Waals surface area contributed by atoms with Gasteiger partial charge in [0.25, 0.3) is 0 Å². The van der Waals surface area contributed by atoms with E-state index in [0.29, 0.717) is 6.61 Å². The molecule has 1 aliphatic heterocycles. The van der Waals surface area contributed by atoms with Crippen LogP contribution in [0.3, 0.4) is 0 Å². The topological polar surface area (TPSA) is 67.9 Å². The number of hydrogen-bond donors (Lipinski definition) is 1. The average Bonchev–Trinajstić information content (AvgIpc) is 3.09. The Labute approximate surface area is 159 Å². The van der Waals surface area contributed by atoms with Crippen LogP contribution in [0.5, 0.6) is 11.5 Å². The van der Waals surface area contributed by atoms with E-state index in [0.717, 1.165) is 35.4 Å². The van der Waals surface area contributed by atoms with E-state index >= 15 is 0 Å². The number of benzene rings is 2. The van der Waals surface area contributed by atoms with E-state index in [9.17, 15) is 12.8 Å². The van der Waals surface area contributed by atoms with Gasteiger partial charge in [-0.1, -0.05) is 12.1 Å². The van der Waals surface area contributed by atoms with Crippen molar-refractivity contribution in [2.24, 2.45) is 0 Å². The van der Waals surface area contributed by atoms with Gasteiger partial charge in [-0.05, 0) is 49.5 Å². The van der Waals surface area contributed by atoms with Crippen LogP contribution in [-0.2, 0) is 16.4 Å². The second kappa shape index (κ2) is 7.84. The molecule has 1 N–H and O–H groups in total. The minimum atomic E-state index is -3.94. The van der Waals surface area contributed by atoms with E-state index in [1.807, 2.05) is 37.2 Å². The minimum absolute atomic E-state index is 0.0972. The molecule has 0 spiro atoms. The summed E-state index contributed by atoms with van der Waals surface area (Å²) < 4.78 is 52.2. The standard InChI is InChI=1S/C19H23FN2O4S/c1-22(2)16(13-4-6-17-14(10-13)8-9-26-17)12-21-27(23,24)19-11-15(20)5-7-18(19)25-3/h4-7,10-11,16,21H,8-9,12H2,1-3H3. The first-order valence-electron chi connectivity index (χ1n) is 8.57. The Bertz CT molecular complexity index is 931. The molecule has 0 amide bonds. The van der Waals surface area contributed by atoms with Crippen molar-refractivity contribution >= 4 is 10.0 Å². The smallest absolute Gasteiger partial charge is 0.244 e. The molecule has 8 heteroatoms. The van der Waals surface area contributed by atoms with Gasteiger partial charge in [-0.15, -0.1) is 0 Å². The molecular formula is C19H23FN2O4S. The van der Waals surface area contributed by atoms with Crippen molar-refractivity contribution in [1.29, 1.82) is 0 Å². The Kier molecular flexibility index (Phi) is 5.69. The molecule has 1 heterocycles. The van der Waals surface area contributed by atoms with Crippen LogP contribution < -0.4 is 14.2 Å². The van der Waals surface area contributed by atoms with E-state index in [2.05, 4.69) is 4.72 Å². The predicted octanol–water partition coefficient (Wildman–Crippen LogP) is 2.35. The third-order valence-corrected chi connectivity index (χ3v) is 6.05. The lowest BCUT2D eigenvalue weighted by Gasteiger charge is -2.25. The number of nitrogens with zero attached hydrogens (tertiary/aromatic N) is 1. The molecule has 0 fully saturated rings. The molecule has 2 aromatic carbocycles. The lowest BCUT2D eigenvalue weighted by Crippen LogP contribution is -2.34. The summed E-state index contributed by atoms with van der Waals surface area (Å²) in [4.78, 5) is 1.72. The first-order valence-corrected chi connectivity index (χ1v) is 10.1. The Hall–Kier alpha value is -2.16. The number of likely N-dealkylation sites (N-methyl/N-ethyl adjacent to an activating group) is 1. The predicted molar refractivity (Wildman–Crippen MR) is 100 cm³/mol. The van der Waals surface area contributed by atoms with Crippen LogP contribution in [0.15, 0.2) is 41.3 Å². The molecule has 146 valence electrons. The number of rotatable bonds is 7. The first-order chi connectivity index (χ1) is 12.8. The van der Waals surface area contributed by atoms with E-state index in [1.165, 1.54) is 13.2 Å². The van der Waals surface area contributed by atoms with Gasteiger partial charge in [0.05, 0.1) is 13.7 Å². The summed E-state index contributed by atoms with van der Waals surface area (Å²) in [6.45, 7) is 0.798. The van der Waals surface area contributed by atoms with Gasteiger partial charge in [-0.25, -0.2) is 17.5 Å². The lowest BCUT2D eigenvalue weighted by atomic mass is 10.0. The molecule has 2 aromatic rings. The SMILES string of the molecule is COc1ccc(F)cc1S(=O)(=O)NCC(c1ccc2c(c1)CCO2)N(C)C. The molecule has 0 saturated carbocycles. The van der Waals surface area contributed by atoms with Crippen molar-refractivity contribution in [3.8, 4) is 11.5 Å². The van der Waals surface area contributed by atoms with Crippen molar-refractivity contribution < 1.29 is 22.3 Å². The number of halogens is 1. The van der Waals surface area contributed by atoms with Gasteiger partial charge in [0, 0.05) is 19.0 Å². The van der Waals surface area contributed by atoms with Gasteiger partial charge in [0.2, 0.25) is 10.0 Å². The fraction of sp³-hybridized carbons (Fsp3) is 0.368. The van der Waals surface area contributed by atoms with Gasteiger partial charge in [-0.3, -0.25) is 0 Å². The maximum Gasteiger partial charge on any atom is 0.244 e. The zero-order valence-electron chi connectivity index (χ0n) is 15.5. The zero-order valence-corrected chi connectivity index (χ0v) is 16.3. The second-order valence-electron chi connectivity index (χ2n) is 6.59. The normalized spacial score (nSPS) is 14.7. The van der Waals surface area contributed by atoms with Crippen molar-refractivity contribution in [3.63, 3.8) is 0 Å². The molecule has 0 aromatic heterocycles. The summed E-state index contributed by atoms with van der Waals surface area (Å²) in [6.07, 6.45) is 0.843. The van der Waals surface area contributed by atoms with Crippen LogP contribution in [0.2, 0.25) is 0 Å². The monoisotopic (exact) mass is 394 g/mol. The third-order valence-electron chi connectivity index (χ3n) is 4.60. The number of fused-ring (bicyclic) bond motifs is 1. The summed E-state index contributed by atoms with van der Waals surface area (Å²) in [7, 11) is 1.17. The van der Waals surface area contributed by atoms with Gasteiger partial charge >= 0.3 is 0 Å². The second-order valence-corrected chi connectivity index (χ2v) is 8.33. The highest BCUT2D eigenvalue weighted by atomic mass is 32.2. The van der Waals surface area contributed by atoms with Crippen molar-refractivity contribution in [2.75, 3.05) is 34.4 Å². The molecule has 0 saturated heterocycles. The number of hydrogen-bond acceptors (Lipinski definition) is 5. The number of methoxy groups -OCH3 is 1. The highest BCUT2D eigenvalue weighted by molar-refractivity contribution is 7.89. The van der Waals surface area contributed by atoms with Gasteiger partial charge < -0.3 is 14.4 Å². The maximum absolute atomic E-state index is 13.6. The molecule has 0 radical (unpaired) electrons.